The molecule has 1 fully saturated rings. The lowest BCUT2D eigenvalue weighted by molar-refractivity contribution is -0.146. The molecule has 0 aromatic carbocycles. The van der Waals surface area contributed by atoms with Gasteiger partial charge in [0.15, 0.2) is 0 Å². The summed E-state index contributed by atoms with van der Waals surface area (Å²) in [6.45, 7) is 7.04. The van der Waals surface area contributed by atoms with Gasteiger partial charge in [0.2, 0.25) is 5.91 Å². The van der Waals surface area contributed by atoms with Crippen molar-refractivity contribution in [3.63, 3.8) is 0 Å². The fourth-order valence-corrected chi connectivity index (χ4v) is 2.46. The number of ether oxygens (including phenoxy) is 1. The highest BCUT2D eigenvalue weighted by molar-refractivity contribution is 5.93. The van der Waals surface area contributed by atoms with Crippen molar-refractivity contribution < 1.29 is 24.2 Å². The van der Waals surface area contributed by atoms with Crippen molar-refractivity contribution in [3.8, 4) is 0 Å². The van der Waals surface area contributed by atoms with E-state index in [-0.39, 0.29) is 5.92 Å². The van der Waals surface area contributed by atoms with Gasteiger partial charge in [0.1, 0.15) is 6.04 Å². The number of carboxylic acid groups (broad SMARTS) is 1. The monoisotopic (exact) mass is 271 g/mol. The molecule has 6 heteroatoms. The second-order valence-corrected chi connectivity index (χ2v) is 5.87. The Labute approximate surface area is 112 Å². The lowest BCUT2D eigenvalue weighted by Gasteiger charge is -2.20. The molecule has 3 atom stereocenters. The summed E-state index contributed by atoms with van der Waals surface area (Å²) in [7, 11) is 1.25. The number of nitrogens with one attached hydrogen (secondary N) is 1. The Balaban J connectivity index is 2.75. The minimum absolute atomic E-state index is 0.124. The Morgan fingerprint density at radius 1 is 1.21 bits per heavy atom. The number of carbonyl (C=O) groups is 3. The first-order chi connectivity index (χ1) is 8.64. The molecular formula is C13H21NO5. The maximum Gasteiger partial charge on any atom is 0.328 e. The molecule has 108 valence electrons. The molecule has 0 bridgehead atoms. The molecule has 6 nitrogen and oxygen atoms in total. The van der Waals surface area contributed by atoms with Crippen LogP contribution in [0.25, 0.3) is 0 Å². The summed E-state index contributed by atoms with van der Waals surface area (Å²) in [5.74, 6) is -3.32. The number of amides is 1. The van der Waals surface area contributed by atoms with Gasteiger partial charge in [0.25, 0.3) is 0 Å². The largest absolute Gasteiger partial charge is 0.481 e. The summed E-state index contributed by atoms with van der Waals surface area (Å²) < 4.78 is 4.63. The average Bonchev–Trinajstić information content (AvgIpc) is 2.87. The number of hydrogen-bond donors (Lipinski definition) is 2. The Hall–Kier alpha value is -1.59. The van der Waals surface area contributed by atoms with Gasteiger partial charge in [-0.25, -0.2) is 4.79 Å². The molecule has 1 amide bonds. The van der Waals surface area contributed by atoms with Crippen molar-refractivity contribution in [2.45, 2.75) is 33.7 Å². The van der Waals surface area contributed by atoms with E-state index in [0.717, 1.165) is 0 Å². The topological polar surface area (TPSA) is 92.7 Å². The second kappa shape index (κ2) is 5.19. The van der Waals surface area contributed by atoms with E-state index >= 15 is 0 Å². The van der Waals surface area contributed by atoms with Crippen molar-refractivity contribution in [2.24, 2.45) is 23.2 Å². The number of carboxylic acids is 1. The molecule has 3 unspecified atom stereocenters. The third kappa shape index (κ3) is 2.88. The number of carbonyl (C=O) groups excluding carboxylic acids is 2. The SMILES string of the molecule is COC(=O)C(NC(=O)C1C(C(=O)O)C1(C)C)C(C)C. The summed E-state index contributed by atoms with van der Waals surface area (Å²) in [5, 5.41) is 11.6. The number of methoxy groups -OCH3 is 1. The Morgan fingerprint density at radius 3 is 2.05 bits per heavy atom. The molecule has 1 saturated carbocycles. The number of rotatable bonds is 5. The quantitative estimate of drug-likeness (QED) is 0.716. The molecule has 19 heavy (non-hydrogen) atoms. The number of hydrogen-bond acceptors (Lipinski definition) is 4. The van der Waals surface area contributed by atoms with Crippen molar-refractivity contribution in [1.82, 2.24) is 5.32 Å². The molecule has 0 aromatic heterocycles. The van der Waals surface area contributed by atoms with Gasteiger partial charge in [0.05, 0.1) is 18.9 Å². The van der Waals surface area contributed by atoms with Gasteiger partial charge in [-0.05, 0) is 11.3 Å². The zero-order chi connectivity index (χ0) is 15.0. The molecule has 0 aromatic rings. The van der Waals surface area contributed by atoms with Gasteiger partial charge >= 0.3 is 11.9 Å². The molecule has 0 spiro atoms. The molecule has 0 saturated heterocycles. The predicted molar refractivity (Wildman–Crippen MR) is 67.2 cm³/mol. The molecule has 0 aliphatic heterocycles. The van der Waals surface area contributed by atoms with Crippen molar-refractivity contribution in [2.75, 3.05) is 7.11 Å². The van der Waals surface area contributed by atoms with Crippen LogP contribution in [0.3, 0.4) is 0 Å². The van der Waals surface area contributed by atoms with Crippen LogP contribution < -0.4 is 5.32 Å². The van der Waals surface area contributed by atoms with Gasteiger partial charge in [0, 0.05) is 0 Å². The summed E-state index contributed by atoms with van der Waals surface area (Å²) >= 11 is 0. The first kappa shape index (κ1) is 15.5. The van der Waals surface area contributed by atoms with Crippen molar-refractivity contribution in [1.29, 1.82) is 0 Å². The van der Waals surface area contributed by atoms with E-state index in [1.807, 2.05) is 0 Å². The van der Waals surface area contributed by atoms with Gasteiger partial charge in [-0.2, -0.15) is 0 Å². The standard InChI is InChI=1S/C13H21NO5/c1-6(2)9(12(18)19-5)14-10(15)7-8(11(16)17)13(7,3)4/h6-9H,1-5H3,(H,14,15)(H,16,17). The summed E-state index contributed by atoms with van der Waals surface area (Å²) in [5.41, 5.74) is -0.576. The first-order valence-electron chi connectivity index (χ1n) is 6.25. The first-order valence-corrected chi connectivity index (χ1v) is 6.25. The lowest BCUT2D eigenvalue weighted by Crippen LogP contribution is -2.46. The van der Waals surface area contributed by atoms with E-state index < -0.39 is 41.1 Å². The number of esters is 1. The highest BCUT2D eigenvalue weighted by Crippen LogP contribution is 2.58. The van der Waals surface area contributed by atoms with Gasteiger partial charge < -0.3 is 15.2 Å². The van der Waals surface area contributed by atoms with Crippen molar-refractivity contribution >= 4 is 17.8 Å². The summed E-state index contributed by atoms with van der Waals surface area (Å²) in [6, 6.07) is -0.747. The van der Waals surface area contributed by atoms with Crippen LogP contribution in [0.15, 0.2) is 0 Å². The smallest absolute Gasteiger partial charge is 0.328 e. The summed E-state index contributed by atoms with van der Waals surface area (Å²) in [4.78, 5) is 34.7. The zero-order valence-electron chi connectivity index (χ0n) is 11.9. The van der Waals surface area contributed by atoms with Crippen molar-refractivity contribution in [3.05, 3.63) is 0 Å². The third-order valence-corrected chi connectivity index (χ3v) is 3.80. The Kier molecular flexibility index (Phi) is 4.22. The zero-order valence-corrected chi connectivity index (χ0v) is 11.9. The molecule has 0 radical (unpaired) electrons. The molecule has 0 heterocycles. The van der Waals surface area contributed by atoms with Crippen LogP contribution in [0.4, 0.5) is 0 Å². The number of aliphatic carboxylic acids is 1. The van der Waals surface area contributed by atoms with Crippen LogP contribution in [0.5, 0.6) is 0 Å². The van der Waals surface area contributed by atoms with E-state index in [4.69, 9.17) is 5.11 Å². The molecular weight excluding hydrogens is 250 g/mol. The predicted octanol–water partition coefficient (Wildman–Crippen LogP) is 0.657. The van der Waals surface area contributed by atoms with E-state index in [0.29, 0.717) is 0 Å². The van der Waals surface area contributed by atoms with Crippen LogP contribution in [0.2, 0.25) is 0 Å². The molecule has 1 aliphatic rings. The van der Waals surface area contributed by atoms with E-state index in [1.54, 1.807) is 27.7 Å². The Bertz CT molecular complexity index is 402. The lowest BCUT2D eigenvalue weighted by atomic mass is 10.0. The molecule has 2 N–H and O–H groups in total. The Morgan fingerprint density at radius 2 is 1.74 bits per heavy atom. The average molecular weight is 271 g/mol. The van der Waals surface area contributed by atoms with Gasteiger partial charge in [-0.1, -0.05) is 27.7 Å². The van der Waals surface area contributed by atoms with Gasteiger partial charge in [-0.3, -0.25) is 9.59 Å². The normalized spacial score (nSPS) is 25.6. The van der Waals surface area contributed by atoms with Crippen LogP contribution in [-0.2, 0) is 19.1 Å². The van der Waals surface area contributed by atoms with Crippen LogP contribution in [-0.4, -0.2) is 36.1 Å². The fourth-order valence-electron chi connectivity index (χ4n) is 2.46. The fraction of sp³-hybridized carbons (Fsp3) is 0.769. The van der Waals surface area contributed by atoms with Gasteiger partial charge in [-0.15, -0.1) is 0 Å². The van der Waals surface area contributed by atoms with Crippen LogP contribution >= 0.6 is 0 Å². The maximum absolute atomic E-state index is 12.1. The second-order valence-electron chi connectivity index (χ2n) is 5.87. The maximum atomic E-state index is 12.1. The van der Waals surface area contributed by atoms with E-state index in [2.05, 4.69) is 10.1 Å². The minimum Gasteiger partial charge on any atom is -0.481 e. The van der Waals surface area contributed by atoms with Crippen LogP contribution in [0.1, 0.15) is 27.7 Å². The minimum atomic E-state index is -0.982. The summed E-state index contributed by atoms with van der Waals surface area (Å²) in [6.07, 6.45) is 0. The molecule has 1 rings (SSSR count). The highest BCUT2D eigenvalue weighted by Gasteiger charge is 2.66. The van der Waals surface area contributed by atoms with Crippen LogP contribution in [0, 0.1) is 23.2 Å². The third-order valence-electron chi connectivity index (χ3n) is 3.80. The van der Waals surface area contributed by atoms with E-state index in [1.165, 1.54) is 7.11 Å². The van der Waals surface area contributed by atoms with E-state index in [9.17, 15) is 14.4 Å². The molecule has 1 aliphatic carbocycles. The highest BCUT2D eigenvalue weighted by atomic mass is 16.5.